The van der Waals surface area contributed by atoms with Gasteiger partial charge in [0.2, 0.25) is 0 Å². The molecule has 2 amide bonds. The number of hydrogen-bond acceptors (Lipinski definition) is 3. The van der Waals surface area contributed by atoms with Gasteiger partial charge in [-0.2, -0.15) is 0 Å². The molecular formula is C23H30N2O3. The van der Waals surface area contributed by atoms with E-state index in [9.17, 15) is 14.7 Å². The molecule has 5 nitrogen and oxygen atoms in total. The van der Waals surface area contributed by atoms with Gasteiger partial charge in [0, 0.05) is 22.2 Å². The zero-order chi connectivity index (χ0) is 21.1. The van der Waals surface area contributed by atoms with E-state index < -0.39 is 6.10 Å². The summed E-state index contributed by atoms with van der Waals surface area (Å²) in [4.78, 5) is 24.4. The van der Waals surface area contributed by atoms with Crippen molar-refractivity contribution in [3.8, 4) is 0 Å². The van der Waals surface area contributed by atoms with Gasteiger partial charge in [0.05, 0.1) is 0 Å². The normalized spacial score (nSPS) is 12.0. The molecule has 0 unspecified atom stereocenters. The molecule has 3 N–H and O–H groups in total. The van der Waals surface area contributed by atoms with Gasteiger partial charge in [0.15, 0.2) is 0 Å². The van der Waals surface area contributed by atoms with Crippen LogP contribution in [0.1, 0.15) is 79.5 Å². The van der Waals surface area contributed by atoms with Gasteiger partial charge >= 0.3 is 0 Å². The molecule has 0 heterocycles. The van der Waals surface area contributed by atoms with Gasteiger partial charge in [-0.1, -0.05) is 24.3 Å². The summed E-state index contributed by atoms with van der Waals surface area (Å²) in [5, 5.41) is 16.4. The Labute approximate surface area is 167 Å². The second kappa shape index (κ2) is 8.15. The van der Waals surface area contributed by atoms with Crippen LogP contribution in [0.5, 0.6) is 0 Å². The van der Waals surface area contributed by atoms with E-state index in [0.717, 1.165) is 0 Å². The van der Waals surface area contributed by atoms with E-state index in [-0.39, 0.29) is 22.9 Å². The Morgan fingerprint density at radius 2 is 0.964 bits per heavy atom. The van der Waals surface area contributed by atoms with E-state index in [0.29, 0.717) is 22.3 Å². The summed E-state index contributed by atoms with van der Waals surface area (Å²) in [5.74, 6) is -0.300. The van der Waals surface area contributed by atoms with Crippen molar-refractivity contribution in [2.24, 2.45) is 0 Å². The maximum absolute atomic E-state index is 12.2. The predicted octanol–water partition coefficient (Wildman–Crippen LogP) is 3.82. The molecule has 0 radical (unpaired) electrons. The number of carbonyl (C=O) groups is 2. The van der Waals surface area contributed by atoms with Crippen LogP contribution in [-0.2, 0) is 0 Å². The Morgan fingerprint density at radius 3 is 1.21 bits per heavy atom. The third-order valence-corrected chi connectivity index (χ3v) is 3.95. The van der Waals surface area contributed by atoms with Crippen LogP contribution in [-0.4, -0.2) is 28.0 Å². The molecule has 0 bridgehead atoms. The number of aliphatic hydroxyl groups is 1. The quantitative estimate of drug-likeness (QED) is 0.752. The fourth-order valence-corrected chi connectivity index (χ4v) is 2.65. The third kappa shape index (κ3) is 6.20. The second-order valence-electron chi connectivity index (χ2n) is 9.05. The average molecular weight is 383 g/mol. The summed E-state index contributed by atoms with van der Waals surface area (Å²) in [6.07, 6.45) is -0.834. The SMILES string of the molecule is CC(C)(C)NC(=O)c1ccc(C(O)c2ccc(C(=O)NC(C)(C)C)cc2)cc1. The van der Waals surface area contributed by atoms with Gasteiger partial charge in [0.25, 0.3) is 11.8 Å². The van der Waals surface area contributed by atoms with E-state index in [1.54, 1.807) is 48.5 Å². The third-order valence-electron chi connectivity index (χ3n) is 3.95. The van der Waals surface area contributed by atoms with E-state index in [1.807, 2.05) is 41.5 Å². The molecule has 28 heavy (non-hydrogen) atoms. The van der Waals surface area contributed by atoms with Gasteiger partial charge in [0.1, 0.15) is 6.10 Å². The molecular weight excluding hydrogens is 352 g/mol. The molecule has 0 aromatic heterocycles. The molecule has 0 aliphatic rings. The fourth-order valence-electron chi connectivity index (χ4n) is 2.65. The summed E-state index contributed by atoms with van der Waals surface area (Å²) in [7, 11) is 0. The number of amides is 2. The summed E-state index contributed by atoms with van der Waals surface area (Å²) >= 11 is 0. The Kier molecular flexibility index (Phi) is 6.30. The highest BCUT2D eigenvalue weighted by atomic mass is 16.3. The summed E-state index contributed by atoms with van der Waals surface area (Å²) in [5.41, 5.74) is 1.82. The van der Waals surface area contributed by atoms with Crippen LogP contribution in [0.15, 0.2) is 48.5 Å². The summed E-state index contributed by atoms with van der Waals surface area (Å²) in [6, 6.07) is 13.8. The van der Waals surface area contributed by atoms with Crippen LogP contribution in [0.2, 0.25) is 0 Å². The topological polar surface area (TPSA) is 78.4 Å². The first-order chi connectivity index (χ1) is 12.9. The molecule has 0 saturated carbocycles. The van der Waals surface area contributed by atoms with Crippen LogP contribution in [0.3, 0.4) is 0 Å². The van der Waals surface area contributed by atoms with Crippen molar-refractivity contribution in [3.63, 3.8) is 0 Å². The van der Waals surface area contributed by atoms with Crippen LogP contribution in [0, 0.1) is 0 Å². The minimum Gasteiger partial charge on any atom is -0.384 e. The van der Waals surface area contributed by atoms with Crippen LogP contribution < -0.4 is 10.6 Å². The van der Waals surface area contributed by atoms with E-state index in [2.05, 4.69) is 10.6 Å². The molecule has 150 valence electrons. The fraction of sp³-hybridized carbons (Fsp3) is 0.391. The van der Waals surface area contributed by atoms with Crippen molar-refractivity contribution < 1.29 is 14.7 Å². The summed E-state index contributed by atoms with van der Waals surface area (Å²) in [6.45, 7) is 11.6. The number of rotatable bonds is 4. The molecule has 2 aromatic carbocycles. The van der Waals surface area contributed by atoms with Gasteiger partial charge < -0.3 is 15.7 Å². The highest BCUT2D eigenvalue weighted by Gasteiger charge is 2.18. The van der Waals surface area contributed by atoms with Gasteiger partial charge in [-0.15, -0.1) is 0 Å². The number of hydrogen-bond donors (Lipinski definition) is 3. The molecule has 0 fully saturated rings. The summed E-state index contributed by atoms with van der Waals surface area (Å²) < 4.78 is 0. The maximum atomic E-state index is 12.2. The van der Waals surface area contributed by atoms with Crippen LogP contribution >= 0.6 is 0 Å². The standard InChI is InChI=1S/C23H30N2O3/c1-22(2,3)24-20(27)17-11-7-15(8-12-17)19(26)16-9-13-18(14-10-16)21(28)25-23(4,5)6/h7-14,19,26H,1-6H3,(H,24,27)(H,25,28). The zero-order valence-corrected chi connectivity index (χ0v) is 17.5. The first kappa shape index (κ1) is 21.6. The molecule has 0 aliphatic carbocycles. The molecule has 0 aliphatic heterocycles. The van der Waals surface area contributed by atoms with Crippen LogP contribution in [0.25, 0.3) is 0 Å². The van der Waals surface area contributed by atoms with Crippen molar-refractivity contribution in [3.05, 3.63) is 70.8 Å². The highest BCUT2D eigenvalue weighted by molar-refractivity contribution is 5.95. The van der Waals surface area contributed by atoms with E-state index in [1.165, 1.54) is 0 Å². The van der Waals surface area contributed by atoms with Crippen molar-refractivity contribution in [1.82, 2.24) is 10.6 Å². The minimum atomic E-state index is -0.834. The predicted molar refractivity (Wildman–Crippen MR) is 111 cm³/mol. The largest absolute Gasteiger partial charge is 0.384 e. The molecule has 0 spiro atoms. The maximum Gasteiger partial charge on any atom is 0.251 e. The van der Waals surface area contributed by atoms with Crippen molar-refractivity contribution in [2.75, 3.05) is 0 Å². The minimum absolute atomic E-state index is 0.150. The number of carbonyl (C=O) groups excluding carboxylic acids is 2. The van der Waals surface area contributed by atoms with Crippen molar-refractivity contribution in [2.45, 2.75) is 58.7 Å². The molecule has 0 atom stereocenters. The zero-order valence-electron chi connectivity index (χ0n) is 17.5. The molecule has 2 aromatic rings. The van der Waals surface area contributed by atoms with Crippen molar-refractivity contribution >= 4 is 11.8 Å². The number of aliphatic hydroxyl groups excluding tert-OH is 1. The monoisotopic (exact) mass is 382 g/mol. The van der Waals surface area contributed by atoms with E-state index in [4.69, 9.17) is 0 Å². The number of nitrogens with one attached hydrogen (secondary N) is 2. The smallest absolute Gasteiger partial charge is 0.251 e. The lowest BCUT2D eigenvalue weighted by Gasteiger charge is -2.21. The second-order valence-corrected chi connectivity index (χ2v) is 9.05. The van der Waals surface area contributed by atoms with Crippen molar-refractivity contribution in [1.29, 1.82) is 0 Å². The first-order valence-electron chi connectivity index (χ1n) is 9.39. The van der Waals surface area contributed by atoms with Gasteiger partial charge in [-0.05, 0) is 76.9 Å². The Balaban J connectivity index is 2.10. The van der Waals surface area contributed by atoms with Gasteiger partial charge in [-0.3, -0.25) is 9.59 Å². The number of benzene rings is 2. The lowest BCUT2D eigenvalue weighted by Crippen LogP contribution is -2.40. The Morgan fingerprint density at radius 1 is 0.679 bits per heavy atom. The van der Waals surface area contributed by atoms with Gasteiger partial charge in [-0.25, -0.2) is 0 Å². The van der Waals surface area contributed by atoms with E-state index >= 15 is 0 Å². The average Bonchev–Trinajstić information content (AvgIpc) is 2.58. The lowest BCUT2D eigenvalue weighted by molar-refractivity contribution is 0.0910. The Hall–Kier alpha value is -2.66. The highest BCUT2D eigenvalue weighted by Crippen LogP contribution is 2.23. The molecule has 2 rings (SSSR count). The molecule has 0 saturated heterocycles. The van der Waals surface area contributed by atoms with Crippen LogP contribution in [0.4, 0.5) is 0 Å². The first-order valence-corrected chi connectivity index (χ1v) is 9.39. The molecule has 5 heteroatoms. The Bertz CT molecular complexity index is 755. The lowest BCUT2D eigenvalue weighted by atomic mass is 9.98.